The lowest BCUT2D eigenvalue weighted by Crippen LogP contribution is -2.54. The molecule has 1 aliphatic rings. The average Bonchev–Trinajstić information content (AvgIpc) is 3.66. The van der Waals surface area contributed by atoms with Gasteiger partial charge in [-0.25, -0.2) is 0 Å². The predicted octanol–water partition coefficient (Wildman–Crippen LogP) is 4.95. The molecule has 8 heteroatoms. The summed E-state index contributed by atoms with van der Waals surface area (Å²) in [6, 6.07) is 29.9. The van der Waals surface area contributed by atoms with Crippen molar-refractivity contribution >= 4 is 39.4 Å². The van der Waals surface area contributed by atoms with E-state index < -0.39 is 12.1 Å². The van der Waals surface area contributed by atoms with Crippen LogP contribution in [0.3, 0.4) is 0 Å². The molecular weight excluding hydrogens is 564 g/mol. The fourth-order valence-electron chi connectivity index (χ4n) is 6.47. The number of ether oxygens (including phenoxy) is 1. The van der Waals surface area contributed by atoms with Crippen LogP contribution in [0.25, 0.3) is 21.7 Å². The molecule has 8 nitrogen and oxygen atoms in total. The van der Waals surface area contributed by atoms with Gasteiger partial charge in [-0.15, -0.1) is 0 Å². The van der Waals surface area contributed by atoms with Crippen molar-refractivity contribution in [3.63, 3.8) is 0 Å². The van der Waals surface area contributed by atoms with Crippen molar-refractivity contribution in [1.29, 1.82) is 0 Å². The number of rotatable bonds is 9. The van der Waals surface area contributed by atoms with Crippen LogP contribution >= 0.6 is 0 Å². The SMILES string of the molecule is COC1CC(C(=O)NC(Cc2cccc3ccccc23)C(=O)N(C)Cc2ccccc2)N(C(=O)c2cn(C)c3ccccc23)C1. The minimum Gasteiger partial charge on any atom is -0.380 e. The summed E-state index contributed by atoms with van der Waals surface area (Å²) in [5.41, 5.74) is 3.43. The van der Waals surface area contributed by atoms with E-state index in [2.05, 4.69) is 5.32 Å². The standard InChI is InChI=1S/C37H38N4O4/c1-39-24-31(30-18-9-10-19-33(30)39)36(43)41-23-28(45-3)21-34(41)35(42)38-32(37(44)40(2)22-25-12-5-4-6-13-25)20-27-16-11-15-26-14-7-8-17-29(26)27/h4-19,24,28,32,34H,20-23H2,1-3H3,(H,38,42). The van der Waals surface area contributed by atoms with Crippen molar-refractivity contribution in [2.24, 2.45) is 7.05 Å². The zero-order valence-corrected chi connectivity index (χ0v) is 25.9. The van der Waals surface area contributed by atoms with Gasteiger partial charge in [0.15, 0.2) is 0 Å². The highest BCUT2D eigenvalue weighted by Gasteiger charge is 2.42. The summed E-state index contributed by atoms with van der Waals surface area (Å²) in [6.45, 7) is 0.689. The number of likely N-dealkylation sites (N-methyl/N-ethyl adjacent to an activating group) is 1. The number of aromatic nitrogens is 1. The summed E-state index contributed by atoms with van der Waals surface area (Å²) in [4.78, 5) is 45.4. The first kappa shape index (κ1) is 30.1. The van der Waals surface area contributed by atoms with Gasteiger partial charge in [0.25, 0.3) is 5.91 Å². The molecule has 1 aromatic heterocycles. The third-order valence-electron chi connectivity index (χ3n) is 8.84. The molecule has 0 radical (unpaired) electrons. The molecule has 0 bridgehead atoms. The number of para-hydroxylation sites is 1. The lowest BCUT2D eigenvalue weighted by Gasteiger charge is -2.28. The maximum atomic E-state index is 14.1. The van der Waals surface area contributed by atoms with Crippen LogP contribution in [0.1, 0.15) is 27.9 Å². The fraction of sp³-hybridized carbons (Fsp3) is 0.270. The quantitative estimate of drug-likeness (QED) is 0.259. The van der Waals surface area contributed by atoms with Crippen LogP contribution in [-0.4, -0.2) is 71.0 Å². The van der Waals surface area contributed by atoms with E-state index in [1.54, 1.807) is 24.0 Å². The molecule has 6 rings (SSSR count). The van der Waals surface area contributed by atoms with Crippen LogP contribution in [0.5, 0.6) is 0 Å². The van der Waals surface area contributed by atoms with Crippen LogP contribution < -0.4 is 5.32 Å². The number of hydrogen-bond acceptors (Lipinski definition) is 4. The van der Waals surface area contributed by atoms with Gasteiger partial charge in [0.2, 0.25) is 11.8 Å². The van der Waals surface area contributed by atoms with Crippen molar-refractivity contribution in [2.45, 2.75) is 37.6 Å². The Morgan fingerprint density at radius 3 is 2.38 bits per heavy atom. The molecule has 1 saturated heterocycles. The molecule has 0 spiro atoms. The van der Waals surface area contributed by atoms with Gasteiger partial charge < -0.3 is 24.4 Å². The molecule has 1 aliphatic heterocycles. The summed E-state index contributed by atoms with van der Waals surface area (Å²) in [5, 5.41) is 6.01. The van der Waals surface area contributed by atoms with Crippen molar-refractivity contribution in [2.75, 3.05) is 20.7 Å². The van der Waals surface area contributed by atoms with Gasteiger partial charge >= 0.3 is 0 Å². The Morgan fingerprint density at radius 2 is 1.60 bits per heavy atom. The smallest absolute Gasteiger partial charge is 0.256 e. The van der Waals surface area contributed by atoms with E-state index in [9.17, 15) is 14.4 Å². The third kappa shape index (κ3) is 6.19. The summed E-state index contributed by atoms with van der Waals surface area (Å²) < 4.78 is 7.57. The van der Waals surface area contributed by atoms with Crippen LogP contribution in [0.4, 0.5) is 0 Å². The van der Waals surface area contributed by atoms with Gasteiger partial charge in [0.05, 0.1) is 11.7 Å². The van der Waals surface area contributed by atoms with Crippen molar-refractivity contribution in [3.05, 3.63) is 120 Å². The number of carbonyl (C=O) groups excluding carboxylic acids is 3. The molecule has 3 atom stereocenters. The number of likely N-dealkylation sites (tertiary alicyclic amines) is 1. The lowest BCUT2D eigenvalue weighted by molar-refractivity contribution is -0.136. The minimum atomic E-state index is -0.840. The molecule has 45 heavy (non-hydrogen) atoms. The molecule has 3 amide bonds. The molecule has 1 N–H and O–H groups in total. The Morgan fingerprint density at radius 1 is 0.911 bits per heavy atom. The zero-order chi connectivity index (χ0) is 31.5. The Balaban J connectivity index is 1.29. The zero-order valence-electron chi connectivity index (χ0n) is 25.9. The van der Waals surface area contributed by atoms with Gasteiger partial charge in [0.1, 0.15) is 12.1 Å². The average molecular weight is 603 g/mol. The van der Waals surface area contributed by atoms with Gasteiger partial charge in [-0.2, -0.15) is 0 Å². The van der Waals surface area contributed by atoms with Gasteiger partial charge in [0, 0.05) is 64.2 Å². The molecule has 3 unspecified atom stereocenters. The first-order chi connectivity index (χ1) is 21.8. The molecule has 2 heterocycles. The number of methoxy groups -OCH3 is 1. The van der Waals surface area contributed by atoms with Crippen molar-refractivity contribution in [1.82, 2.24) is 19.7 Å². The van der Waals surface area contributed by atoms with E-state index in [0.717, 1.165) is 32.8 Å². The van der Waals surface area contributed by atoms with Crippen LogP contribution in [0, 0.1) is 0 Å². The van der Waals surface area contributed by atoms with E-state index in [4.69, 9.17) is 4.74 Å². The highest BCUT2D eigenvalue weighted by Crippen LogP contribution is 2.28. The fourth-order valence-corrected chi connectivity index (χ4v) is 6.47. The maximum absolute atomic E-state index is 14.1. The molecule has 230 valence electrons. The van der Waals surface area contributed by atoms with Gasteiger partial charge in [-0.3, -0.25) is 14.4 Å². The number of carbonyl (C=O) groups is 3. The topological polar surface area (TPSA) is 83.9 Å². The Labute approximate surface area is 263 Å². The van der Waals surface area contributed by atoms with E-state index in [-0.39, 0.29) is 30.4 Å². The molecule has 5 aromatic rings. The van der Waals surface area contributed by atoms with Gasteiger partial charge in [-0.1, -0.05) is 91.0 Å². The van der Waals surface area contributed by atoms with E-state index in [1.807, 2.05) is 115 Å². The highest BCUT2D eigenvalue weighted by molar-refractivity contribution is 6.08. The Bertz CT molecular complexity index is 1840. The summed E-state index contributed by atoms with van der Waals surface area (Å²) in [6.07, 6.45) is 2.16. The monoisotopic (exact) mass is 602 g/mol. The van der Waals surface area contributed by atoms with E-state index in [0.29, 0.717) is 24.9 Å². The molecule has 1 fully saturated rings. The number of benzene rings is 4. The molecular formula is C37H38N4O4. The van der Waals surface area contributed by atoms with Crippen LogP contribution in [0.2, 0.25) is 0 Å². The first-order valence-electron chi connectivity index (χ1n) is 15.3. The number of amides is 3. The van der Waals surface area contributed by atoms with Crippen LogP contribution in [0.15, 0.2) is 103 Å². The van der Waals surface area contributed by atoms with Crippen molar-refractivity contribution in [3.8, 4) is 0 Å². The second-order valence-corrected chi connectivity index (χ2v) is 11.8. The summed E-state index contributed by atoms with van der Waals surface area (Å²) >= 11 is 0. The predicted molar refractivity (Wildman–Crippen MR) is 176 cm³/mol. The maximum Gasteiger partial charge on any atom is 0.256 e. The number of hydrogen-bond donors (Lipinski definition) is 1. The minimum absolute atomic E-state index is 0.201. The number of nitrogens with zero attached hydrogens (tertiary/aromatic N) is 3. The first-order valence-corrected chi connectivity index (χ1v) is 15.3. The van der Waals surface area contributed by atoms with Gasteiger partial charge in [-0.05, 0) is 28.0 Å². The Kier molecular flexibility index (Phi) is 8.67. The molecule has 0 aliphatic carbocycles. The molecule has 0 saturated carbocycles. The second-order valence-electron chi connectivity index (χ2n) is 11.8. The normalized spacial score (nSPS) is 17.0. The van der Waals surface area contributed by atoms with E-state index in [1.165, 1.54) is 0 Å². The lowest BCUT2D eigenvalue weighted by atomic mass is 9.97. The Hall–Kier alpha value is -4.95. The third-order valence-corrected chi connectivity index (χ3v) is 8.84. The highest BCUT2D eigenvalue weighted by atomic mass is 16.5. The summed E-state index contributed by atoms with van der Waals surface area (Å²) in [7, 11) is 5.25. The number of nitrogens with one attached hydrogen (secondary N) is 1. The van der Waals surface area contributed by atoms with Crippen molar-refractivity contribution < 1.29 is 19.1 Å². The molecule has 4 aromatic carbocycles. The summed E-state index contributed by atoms with van der Waals surface area (Å²) in [5.74, 6) is -0.798. The van der Waals surface area contributed by atoms with Crippen LogP contribution in [-0.2, 0) is 34.3 Å². The number of fused-ring (bicyclic) bond motifs is 2. The largest absolute Gasteiger partial charge is 0.380 e. The second kappa shape index (κ2) is 13.0. The van der Waals surface area contributed by atoms with E-state index >= 15 is 0 Å². The number of aryl methyl sites for hydroxylation is 1.